The van der Waals surface area contributed by atoms with Gasteiger partial charge < -0.3 is 9.13 Å². The van der Waals surface area contributed by atoms with Gasteiger partial charge in [-0.3, -0.25) is 0 Å². The highest BCUT2D eigenvalue weighted by atomic mass is 15.0. The van der Waals surface area contributed by atoms with Crippen molar-refractivity contribution in [2.75, 3.05) is 0 Å². The molecule has 3 heterocycles. The molecule has 0 N–H and O–H groups in total. The number of hydrogen-bond donors (Lipinski definition) is 0. The van der Waals surface area contributed by atoms with E-state index in [0.29, 0.717) is 17.5 Å². The molecule has 0 radical (unpaired) electrons. The summed E-state index contributed by atoms with van der Waals surface area (Å²) in [5, 5.41) is 5.06. The van der Waals surface area contributed by atoms with Crippen molar-refractivity contribution >= 4 is 43.6 Å². The van der Waals surface area contributed by atoms with Gasteiger partial charge >= 0.3 is 0 Å². The van der Waals surface area contributed by atoms with E-state index in [1.807, 2.05) is 60.7 Å². The lowest BCUT2D eigenvalue weighted by Gasteiger charge is -2.12. The fourth-order valence-corrected chi connectivity index (χ4v) is 8.80. The predicted octanol–water partition coefficient (Wildman–Crippen LogP) is 14.1. The molecule has 0 atom stereocenters. The molecule has 5 heteroatoms. The first-order valence-electron chi connectivity index (χ1n) is 20.8. The van der Waals surface area contributed by atoms with Crippen LogP contribution in [0.5, 0.6) is 0 Å². The molecule has 0 saturated heterocycles. The fourth-order valence-electron chi connectivity index (χ4n) is 8.80. The monoisotopic (exact) mass is 771 g/mol. The summed E-state index contributed by atoms with van der Waals surface area (Å²) in [4.78, 5) is 15.0. The Bertz CT molecular complexity index is 3290. The number of fused-ring (bicyclic) bond motifs is 6. The van der Waals surface area contributed by atoms with Crippen LogP contribution in [0.2, 0.25) is 0 Å². The highest BCUT2D eigenvalue weighted by Crippen LogP contribution is 2.40. The molecule has 60 heavy (non-hydrogen) atoms. The molecule has 0 aliphatic rings. The molecule has 0 aliphatic heterocycles. The molecule has 0 unspecified atom stereocenters. The lowest BCUT2D eigenvalue weighted by Crippen LogP contribution is -2.00. The summed E-state index contributed by atoms with van der Waals surface area (Å²) in [6.07, 6.45) is 3.46. The summed E-state index contributed by atoms with van der Waals surface area (Å²) in [7, 11) is 0. The third-order valence-corrected chi connectivity index (χ3v) is 11.7. The van der Waals surface area contributed by atoms with Crippen LogP contribution in [0.3, 0.4) is 0 Å². The quantitative estimate of drug-likeness (QED) is 0.147. The van der Waals surface area contributed by atoms with Gasteiger partial charge in [-0.05, 0) is 90.2 Å². The van der Waals surface area contributed by atoms with E-state index >= 15 is 0 Å². The first-order valence-corrected chi connectivity index (χ1v) is 20.8. The van der Waals surface area contributed by atoms with Crippen molar-refractivity contribution in [2.45, 2.75) is 26.2 Å². The summed E-state index contributed by atoms with van der Waals surface area (Å²) >= 11 is 0. The van der Waals surface area contributed by atoms with Crippen molar-refractivity contribution in [3.63, 3.8) is 0 Å². The molecule has 286 valence electrons. The second-order valence-corrected chi connectivity index (χ2v) is 15.5. The van der Waals surface area contributed by atoms with Gasteiger partial charge in [-0.2, -0.15) is 0 Å². The molecule has 0 fully saturated rings. The predicted molar refractivity (Wildman–Crippen MR) is 249 cm³/mol. The Balaban J connectivity index is 1.07. The number of nitrogens with zero attached hydrogens (tertiary/aromatic N) is 5. The van der Waals surface area contributed by atoms with Crippen LogP contribution in [0.15, 0.2) is 194 Å². The van der Waals surface area contributed by atoms with Crippen molar-refractivity contribution in [3.8, 4) is 56.7 Å². The maximum atomic E-state index is 5.02. The van der Waals surface area contributed by atoms with E-state index < -0.39 is 0 Å². The van der Waals surface area contributed by atoms with Gasteiger partial charge in [0.05, 0.1) is 22.1 Å². The molecule has 5 nitrogen and oxygen atoms in total. The molecule has 11 aromatic rings. The van der Waals surface area contributed by atoms with E-state index in [1.54, 1.807) is 0 Å². The third kappa shape index (κ3) is 6.23. The van der Waals surface area contributed by atoms with Gasteiger partial charge in [0.1, 0.15) is 0 Å². The maximum absolute atomic E-state index is 5.02. The fraction of sp³-hybridized carbons (Fsp3) is 0.0727. The van der Waals surface area contributed by atoms with E-state index in [0.717, 1.165) is 45.6 Å². The molecular formula is C55H41N5. The minimum absolute atomic E-state index is 0.637. The molecule has 0 saturated carbocycles. The molecule has 8 aromatic carbocycles. The maximum Gasteiger partial charge on any atom is 0.164 e. The van der Waals surface area contributed by atoms with Crippen LogP contribution < -0.4 is 0 Å². The number of unbranched alkanes of at least 4 members (excludes halogenated alkanes) is 1. The Morgan fingerprint density at radius 1 is 0.350 bits per heavy atom. The van der Waals surface area contributed by atoms with Crippen molar-refractivity contribution in [1.82, 2.24) is 24.1 Å². The van der Waals surface area contributed by atoms with E-state index in [9.17, 15) is 0 Å². The smallest absolute Gasteiger partial charge is 0.164 e. The molecule has 0 amide bonds. The molecular weight excluding hydrogens is 731 g/mol. The van der Waals surface area contributed by atoms with E-state index in [1.165, 1.54) is 62.0 Å². The Morgan fingerprint density at radius 2 is 0.850 bits per heavy atom. The van der Waals surface area contributed by atoms with Crippen LogP contribution in [0.1, 0.15) is 25.3 Å². The highest BCUT2D eigenvalue weighted by molar-refractivity contribution is 6.19. The number of rotatable bonds is 9. The number of para-hydroxylation sites is 2. The van der Waals surface area contributed by atoms with Crippen molar-refractivity contribution in [1.29, 1.82) is 0 Å². The van der Waals surface area contributed by atoms with E-state index in [-0.39, 0.29) is 0 Å². The van der Waals surface area contributed by atoms with Crippen LogP contribution in [-0.4, -0.2) is 24.1 Å². The van der Waals surface area contributed by atoms with Gasteiger partial charge in [0.25, 0.3) is 0 Å². The zero-order chi connectivity index (χ0) is 40.0. The highest BCUT2D eigenvalue weighted by Gasteiger charge is 2.20. The van der Waals surface area contributed by atoms with E-state index in [4.69, 9.17) is 15.0 Å². The summed E-state index contributed by atoms with van der Waals surface area (Å²) in [5.41, 5.74) is 13.5. The lowest BCUT2D eigenvalue weighted by atomic mass is 10.0. The number of aromatic nitrogens is 5. The molecule has 0 spiro atoms. The van der Waals surface area contributed by atoms with E-state index in [2.05, 4.69) is 150 Å². The van der Waals surface area contributed by atoms with Crippen LogP contribution in [-0.2, 0) is 6.42 Å². The second-order valence-electron chi connectivity index (χ2n) is 15.5. The standard InChI is InChI=1S/C55H41N5/c1-2-3-17-37-30-31-50-46(32-37)48-35-47-45-28-13-14-29-49(45)60(51(47)36-52(48)59(50)43-25-11-6-12-26-43)44-27-16-23-41(34-44)40-22-15-24-42(33-40)55-57-53(38-18-7-4-8-19-38)56-54(58-55)39-20-9-5-10-21-39/h4-16,18-36H,2-3,17H2,1H3. The van der Waals surface area contributed by atoms with Crippen LogP contribution in [0, 0.1) is 0 Å². The summed E-state index contributed by atoms with van der Waals surface area (Å²) in [6, 6.07) is 69.2. The molecule has 11 rings (SSSR count). The number of aryl methyl sites for hydroxylation is 1. The normalized spacial score (nSPS) is 11.6. The number of benzene rings is 8. The lowest BCUT2D eigenvalue weighted by molar-refractivity contribution is 0.796. The minimum atomic E-state index is 0.637. The van der Waals surface area contributed by atoms with Gasteiger partial charge in [0.15, 0.2) is 17.5 Å². The van der Waals surface area contributed by atoms with Gasteiger partial charge in [-0.25, -0.2) is 15.0 Å². The second kappa shape index (κ2) is 14.9. The topological polar surface area (TPSA) is 48.5 Å². The number of hydrogen-bond acceptors (Lipinski definition) is 3. The molecule has 0 aliphatic carbocycles. The Labute approximate surface area is 348 Å². The summed E-state index contributed by atoms with van der Waals surface area (Å²) in [6.45, 7) is 2.26. The first-order chi connectivity index (χ1) is 29.7. The van der Waals surface area contributed by atoms with Gasteiger partial charge in [0, 0.05) is 49.6 Å². The summed E-state index contributed by atoms with van der Waals surface area (Å²) < 4.78 is 4.87. The zero-order valence-corrected chi connectivity index (χ0v) is 33.3. The Morgan fingerprint density at radius 3 is 1.55 bits per heavy atom. The van der Waals surface area contributed by atoms with Crippen molar-refractivity contribution in [3.05, 3.63) is 200 Å². The minimum Gasteiger partial charge on any atom is -0.309 e. The molecule has 0 bridgehead atoms. The van der Waals surface area contributed by atoms with Crippen LogP contribution >= 0.6 is 0 Å². The van der Waals surface area contributed by atoms with Gasteiger partial charge in [-0.15, -0.1) is 0 Å². The van der Waals surface area contributed by atoms with Crippen LogP contribution in [0.4, 0.5) is 0 Å². The average molecular weight is 772 g/mol. The van der Waals surface area contributed by atoms with Crippen molar-refractivity contribution < 1.29 is 0 Å². The SMILES string of the molecule is CCCCc1ccc2c(c1)c1cc3c4ccccc4n(-c4cccc(-c5cccc(-c6nc(-c7ccccc7)nc(-c7ccccc7)n6)c5)c4)c3cc1n2-c1ccccc1. The Kier molecular flexibility index (Phi) is 8.85. The summed E-state index contributed by atoms with van der Waals surface area (Å²) in [5.74, 6) is 1.93. The molecule has 3 aromatic heterocycles. The van der Waals surface area contributed by atoms with Gasteiger partial charge in [0.2, 0.25) is 0 Å². The first kappa shape index (κ1) is 35.5. The third-order valence-electron chi connectivity index (χ3n) is 11.7. The van der Waals surface area contributed by atoms with Crippen LogP contribution in [0.25, 0.3) is 100 Å². The Hall–Kier alpha value is -7.63. The van der Waals surface area contributed by atoms with Crippen molar-refractivity contribution in [2.24, 2.45) is 0 Å². The largest absolute Gasteiger partial charge is 0.309 e. The average Bonchev–Trinajstić information content (AvgIpc) is 3.82. The zero-order valence-electron chi connectivity index (χ0n) is 33.3. The van der Waals surface area contributed by atoms with Gasteiger partial charge in [-0.1, -0.05) is 147 Å².